The lowest BCUT2D eigenvalue weighted by molar-refractivity contribution is 0.0934. The summed E-state index contributed by atoms with van der Waals surface area (Å²) >= 11 is 1.81. The van der Waals surface area contributed by atoms with Gasteiger partial charge >= 0.3 is 0 Å². The van der Waals surface area contributed by atoms with Crippen molar-refractivity contribution in [2.75, 3.05) is 19.6 Å². The van der Waals surface area contributed by atoms with E-state index in [1.54, 1.807) is 48.5 Å². The largest absolute Gasteiger partial charge is 0.457 e. The molecule has 6 nitrogen and oxygen atoms in total. The monoisotopic (exact) mass is 449 g/mol. The number of thiophene rings is 1. The third-order valence-electron chi connectivity index (χ3n) is 5.71. The smallest absolute Gasteiger partial charge is 0.251 e. The van der Waals surface area contributed by atoms with E-state index in [9.17, 15) is 9.59 Å². The Bertz CT molecular complexity index is 1030. The van der Waals surface area contributed by atoms with Gasteiger partial charge in [-0.3, -0.25) is 14.5 Å². The van der Waals surface area contributed by atoms with Crippen molar-refractivity contribution in [1.82, 2.24) is 10.2 Å². The molecule has 1 aliphatic heterocycles. The van der Waals surface area contributed by atoms with Crippen LogP contribution in [0, 0.1) is 5.92 Å². The minimum atomic E-state index is -0.476. The van der Waals surface area contributed by atoms with Gasteiger partial charge in [-0.25, -0.2) is 0 Å². The van der Waals surface area contributed by atoms with E-state index in [2.05, 4.69) is 27.7 Å². The van der Waals surface area contributed by atoms with Crippen molar-refractivity contribution in [3.05, 3.63) is 82.0 Å². The van der Waals surface area contributed by atoms with Gasteiger partial charge in [0.05, 0.1) is 0 Å². The Hall–Kier alpha value is -3.16. The standard InChI is InChI=1S/C25H27N3O3S/c26-24(29)19-3-7-21(8-4-19)31-22-9-5-20(6-10-22)25(30)27-16-18-11-13-28(14-12-18)17-23-2-1-15-32-23/h1-10,15,18H,11-14,16-17H2,(H2,26,29)(H,27,30). The molecule has 0 radical (unpaired) electrons. The zero-order chi connectivity index (χ0) is 22.3. The molecule has 2 heterocycles. The lowest BCUT2D eigenvalue weighted by Gasteiger charge is -2.31. The molecule has 0 aliphatic carbocycles. The minimum absolute atomic E-state index is 0.0663. The Morgan fingerprint density at radius 2 is 1.59 bits per heavy atom. The number of piperidine rings is 1. The number of rotatable bonds is 8. The summed E-state index contributed by atoms with van der Waals surface area (Å²) in [4.78, 5) is 27.6. The fourth-order valence-corrected chi connectivity index (χ4v) is 4.55. The van der Waals surface area contributed by atoms with Gasteiger partial charge in [0.25, 0.3) is 5.91 Å². The molecule has 1 saturated heterocycles. The molecule has 1 aromatic heterocycles. The van der Waals surface area contributed by atoms with Crippen molar-refractivity contribution >= 4 is 23.2 Å². The van der Waals surface area contributed by atoms with Crippen molar-refractivity contribution < 1.29 is 14.3 Å². The Labute approximate surface area is 192 Å². The molecular formula is C25H27N3O3S. The van der Waals surface area contributed by atoms with Crippen LogP contribution < -0.4 is 15.8 Å². The van der Waals surface area contributed by atoms with Crippen LogP contribution >= 0.6 is 11.3 Å². The molecule has 3 N–H and O–H groups in total. The van der Waals surface area contributed by atoms with Crippen molar-refractivity contribution in [2.24, 2.45) is 11.7 Å². The summed E-state index contributed by atoms with van der Waals surface area (Å²) in [5, 5.41) is 5.20. The first-order chi connectivity index (χ1) is 15.6. The third kappa shape index (κ3) is 5.96. The number of nitrogens with zero attached hydrogens (tertiary/aromatic N) is 1. The van der Waals surface area contributed by atoms with Gasteiger partial charge in [0.1, 0.15) is 11.5 Å². The minimum Gasteiger partial charge on any atom is -0.457 e. The molecule has 3 aromatic rings. The van der Waals surface area contributed by atoms with Gasteiger partial charge in [-0.15, -0.1) is 11.3 Å². The number of amides is 2. The van der Waals surface area contributed by atoms with Crippen LogP contribution in [0.1, 0.15) is 38.4 Å². The molecule has 0 bridgehead atoms. The van der Waals surface area contributed by atoms with E-state index in [0.29, 0.717) is 35.1 Å². The highest BCUT2D eigenvalue weighted by molar-refractivity contribution is 7.09. The summed E-state index contributed by atoms with van der Waals surface area (Å²) in [6, 6.07) is 17.9. The second-order valence-corrected chi connectivity index (χ2v) is 9.06. The summed E-state index contributed by atoms with van der Waals surface area (Å²) < 4.78 is 5.76. The van der Waals surface area contributed by atoms with E-state index < -0.39 is 5.91 Å². The summed E-state index contributed by atoms with van der Waals surface area (Å²) in [5.41, 5.74) is 6.28. The van der Waals surface area contributed by atoms with Crippen molar-refractivity contribution in [1.29, 1.82) is 0 Å². The van der Waals surface area contributed by atoms with Crippen LogP contribution in [0.5, 0.6) is 11.5 Å². The Morgan fingerprint density at radius 3 is 2.16 bits per heavy atom. The normalized spacial score (nSPS) is 14.8. The van der Waals surface area contributed by atoms with E-state index in [0.717, 1.165) is 32.5 Å². The molecule has 166 valence electrons. The second-order valence-electron chi connectivity index (χ2n) is 8.02. The van der Waals surface area contributed by atoms with Gasteiger partial charge in [-0.2, -0.15) is 0 Å². The molecule has 7 heteroatoms. The highest BCUT2D eigenvalue weighted by Crippen LogP contribution is 2.23. The number of hydrogen-bond donors (Lipinski definition) is 2. The Morgan fingerprint density at radius 1 is 0.969 bits per heavy atom. The molecule has 32 heavy (non-hydrogen) atoms. The highest BCUT2D eigenvalue weighted by Gasteiger charge is 2.20. The second kappa shape index (κ2) is 10.4. The van der Waals surface area contributed by atoms with E-state index in [1.165, 1.54) is 4.88 Å². The van der Waals surface area contributed by atoms with Crippen molar-refractivity contribution in [3.8, 4) is 11.5 Å². The molecule has 0 unspecified atom stereocenters. The maximum Gasteiger partial charge on any atom is 0.251 e. The first-order valence-electron chi connectivity index (χ1n) is 10.8. The number of primary amides is 1. The van der Waals surface area contributed by atoms with E-state index in [1.807, 2.05) is 11.3 Å². The van der Waals surface area contributed by atoms with Gasteiger partial charge in [0.2, 0.25) is 5.91 Å². The number of carbonyl (C=O) groups excluding carboxylic acids is 2. The number of hydrogen-bond acceptors (Lipinski definition) is 5. The number of ether oxygens (including phenoxy) is 1. The maximum absolute atomic E-state index is 12.5. The fourth-order valence-electron chi connectivity index (χ4n) is 3.81. The number of carbonyl (C=O) groups is 2. The van der Waals surface area contributed by atoms with Crippen molar-refractivity contribution in [2.45, 2.75) is 19.4 Å². The molecule has 2 amide bonds. The lowest BCUT2D eigenvalue weighted by atomic mass is 9.96. The van der Waals surface area contributed by atoms with Crippen LogP contribution in [0.3, 0.4) is 0 Å². The third-order valence-corrected chi connectivity index (χ3v) is 6.57. The SMILES string of the molecule is NC(=O)c1ccc(Oc2ccc(C(=O)NCC3CCN(Cc4cccs4)CC3)cc2)cc1. The molecule has 1 fully saturated rings. The summed E-state index contributed by atoms with van der Waals surface area (Å²) in [6.07, 6.45) is 2.21. The zero-order valence-corrected chi connectivity index (χ0v) is 18.6. The highest BCUT2D eigenvalue weighted by atomic mass is 32.1. The molecule has 2 aromatic carbocycles. The van der Waals surface area contributed by atoms with Crippen LogP contribution in [0.25, 0.3) is 0 Å². The van der Waals surface area contributed by atoms with Gasteiger partial charge < -0.3 is 15.8 Å². The predicted octanol–water partition coefficient (Wildman–Crippen LogP) is 4.28. The molecule has 0 saturated carbocycles. The number of likely N-dealkylation sites (tertiary alicyclic amines) is 1. The van der Waals surface area contributed by atoms with Crippen LogP contribution in [0.15, 0.2) is 66.0 Å². The van der Waals surface area contributed by atoms with Gasteiger partial charge in [-0.1, -0.05) is 6.07 Å². The summed E-state index contributed by atoms with van der Waals surface area (Å²) in [6.45, 7) is 3.88. The number of benzene rings is 2. The van der Waals surface area contributed by atoms with Crippen LogP contribution in [0.2, 0.25) is 0 Å². The van der Waals surface area contributed by atoms with E-state index >= 15 is 0 Å². The molecule has 4 rings (SSSR count). The Kier molecular flexibility index (Phi) is 7.19. The number of nitrogens with one attached hydrogen (secondary N) is 1. The molecule has 0 atom stereocenters. The summed E-state index contributed by atoms with van der Waals surface area (Å²) in [7, 11) is 0. The zero-order valence-electron chi connectivity index (χ0n) is 17.8. The van der Waals surface area contributed by atoms with Crippen LogP contribution in [-0.4, -0.2) is 36.3 Å². The van der Waals surface area contributed by atoms with Gasteiger partial charge in [-0.05, 0) is 91.8 Å². The summed E-state index contributed by atoms with van der Waals surface area (Å²) in [5.74, 6) is 1.19. The van der Waals surface area contributed by atoms with Crippen molar-refractivity contribution in [3.63, 3.8) is 0 Å². The average Bonchev–Trinajstić information content (AvgIpc) is 3.32. The van der Waals surface area contributed by atoms with E-state index in [-0.39, 0.29) is 5.91 Å². The number of nitrogens with two attached hydrogens (primary N) is 1. The Balaban J connectivity index is 1.21. The lowest BCUT2D eigenvalue weighted by Crippen LogP contribution is -2.38. The molecule has 0 spiro atoms. The fraction of sp³-hybridized carbons (Fsp3) is 0.280. The van der Waals surface area contributed by atoms with Crippen LogP contribution in [-0.2, 0) is 6.54 Å². The topological polar surface area (TPSA) is 84.7 Å². The van der Waals surface area contributed by atoms with Gasteiger partial charge in [0, 0.05) is 29.1 Å². The maximum atomic E-state index is 12.5. The average molecular weight is 450 g/mol. The molecule has 1 aliphatic rings. The van der Waals surface area contributed by atoms with E-state index in [4.69, 9.17) is 10.5 Å². The quantitative estimate of drug-likeness (QED) is 0.538. The van der Waals surface area contributed by atoms with Crippen LogP contribution in [0.4, 0.5) is 0 Å². The predicted molar refractivity (Wildman–Crippen MR) is 126 cm³/mol. The first-order valence-corrected chi connectivity index (χ1v) is 11.7. The first kappa shape index (κ1) is 22.0. The molecular weight excluding hydrogens is 422 g/mol. The van der Waals surface area contributed by atoms with Gasteiger partial charge in [0.15, 0.2) is 0 Å².